The van der Waals surface area contributed by atoms with Gasteiger partial charge < -0.3 is 15.2 Å². The molecule has 0 radical (unpaired) electrons. The number of aromatic nitrogens is 4. The Hall–Kier alpha value is -4.45. The fourth-order valence-electron chi connectivity index (χ4n) is 5.13. The van der Waals surface area contributed by atoms with E-state index in [1.807, 2.05) is 32.0 Å². The van der Waals surface area contributed by atoms with Crippen molar-refractivity contribution in [3.05, 3.63) is 76.4 Å². The third kappa shape index (κ3) is 4.16. The lowest BCUT2D eigenvalue weighted by atomic mass is 9.99. The number of amides is 2. The Bertz CT molecular complexity index is 1760. The molecule has 39 heavy (non-hydrogen) atoms. The third-order valence-electron chi connectivity index (χ3n) is 6.86. The topological polar surface area (TPSA) is 120 Å². The number of rotatable bonds is 5. The molecule has 1 aliphatic rings. The number of halogens is 2. The van der Waals surface area contributed by atoms with Gasteiger partial charge in [-0.2, -0.15) is 0 Å². The van der Waals surface area contributed by atoms with Crippen LogP contribution in [-0.4, -0.2) is 31.5 Å². The van der Waals surface area contributed by atoms with Crippen molar-refractivity contribution in [2.24, 2.45) is 5.73 Å². The van der Waals surface area contributed by atoms with E-state index in [9.17, 15) is 18.4 Å². The molecule has 1 aliphatic heterocycles. The van der Waals surface area contributed by atoms with Gasteiger partial charge >= 0.3 is 0 Å². The van der Waals surface area contributed by atoms with E-state index in [1.165, 1.54) is 17.2 Å². The number of carbonyl (C=O) groups is 2. The summed E-state index contributed by atoms with van der Waals surface area (Å²) in [7, 11) is 0. The number of anilines is 1. The predicted octanol–water partition coefficient (Wildman–Crippen LogP) is 5.39. The van der Waals surface area contributed by atoms with Crippen molar-refractivity contribution in [1.29, 1.82) is 0 Å². The quantitative estimate of drug-likeness (QED) is 0.315. The third-order valence-corrected chi connectivity index (χ3v) is 7.86. The molecule has 5 aromatic rings. The first kappa shape index (κ1) is 24.9. The number of benzene rings is 2. The highest BCUT2D eigenvalue weighted by Crippen LogP contribution is 2.40. The summed E-state index contributed by atoms with van der Waals surface area (Å²) >= 11 is 1.10. The number of fused-ring (bicyclic) bond motifs is 1. The number of imidazole rings is 1. The minimum Gasteiger partial charge on any atom is -0.365 e. The average Bonchev–Trinajstić information content (AvgIpc) is 3.62. The van der Waals surface area contributed by atoms with Crippen LogP contribution < -0.4 is 10.6 Å². The molecular weight excluding hydrogens is 526 g/mol. The van der Waals surface area contributed by atoms with E-state index in [2.05, 4.69) is 10.1 Å². The van der Waals surface area contributed by atoms with Crippen LogP contribution in [0.5, 0.6) is 0 Å². The van der Waals surface area contributed by atoms with Crippen molar-refractivity contribution >= 4 is 39.9 Å². The van der Waals surface area contributed by atoms with E-state index < -0.39 is 23.6 Å². The second kappa shape index (κ2) is 9.38. The number of nitrogens with zero attached hydrogens (tertiary/aromatic N) is 5. The zero-order valence-electron chi connectivity index (χ0n) is 20.9. The van der Waals surface area contributed by atoms with Gasteiger partial charge in [0, 0.05) is 23.7 Å². The van der Waals surface area contributed by atoms with Crippen LogP contribution in [0.4, 0.5) is 14.5 Å². The van der Waals surface area contributed by atoms with Gasteiger partial charge in [-0.05, 0) is 56.5 Å². The lowest BCUT2D eigenvalue weighted by molar-refractivity contribution is -0.120. The zero-order chi connectivity index (χ0) is 27.4. The van der Waals surface area contributed by atoms with E-state index in [0.29, 0.717) is 40.6 Å². The van der Waals surface area contributed by atoms with Crippen molar-refractivity contribution in [2.75, 3.05) is 4.90 Å². The maximum atomic E-state index is 14.2. The molecule has 1 atom stereocenters. The van der Waals surface area contributed by atoms with Crippen molar-refractivity contribution in [3.63, 3.8) is 0 Å². The first-order valence-corrected chi connectivity index (χ1v) is 13.0. The van der Waals surface area contributed by atoms with Crippen molar-refractivity contribution in [1.82, 2.24) is 19.7 Å². The highest BCUT2D eigenvalue weighted by Gasteiger charge is 2.35. The molecule has 1 fully saturated rings. The molecule has 198 valence electrons. The van der Waals surface area contributed by atoms with E-state index >= 15 is 0 Å². The molecule has 6 rings (SSSR count). The maximum absolute atomic E-state index is 14.2. The summed E-state index contributed by atoms with van der Waals surface area (Å²) in [5.74, 6) is -1.75. The molecule has 0 spiro atoms. The van der Waals surface area contributed by atoms with Crippen LogP contribution in [0.2, 0.25) is 0 Å². The fourth-order valence-corrected chi connectivity index (χ4v) is 5.92. The average molecular weight is 549 g/mol. The lowest BCUT2D eigenvalue weighted by Crippen LogP contribution is -2.39. The van der Waals surface area contributed by atoms with Gasteiger partial charge in [-0.1, -0.05) is 22.6 Å². The minimum absolute atomic E-state index is 0.232. The molecule has 12 heteroatoms. The smallest absolute Gasteiger partial charge is 0.260 e. The van der Waals surface area contributed by atoms with E-state index in [-0.39, 0.29) is 22.9 Å². The number of hydrogen-bond acceptors (Lipinski definition) is 7. The molecule has 0 aliphatic carbocycles. The summed E-state index contributed by atoms with van der Waals surface area (Å²) in [5.41, 5.74) is 9.47. The van der Waals surface area contributed by atoms with Crippen LogP contribution in [-0.2, 0) is 4.79 Å². The minimum atomic E-state index is -1.05. The Kier molecular flexibility index (Phi) is 5.98. The number of nitrogens with two attached hydrogens (primary N) is 1. The molecule has 2 aromatic carbocycles. The van der Waals surface area contributed by atoms with Crippen LogP contribution in [0, 0.1) is 25.5 Å². The Morgan fingerprint density at radius 1 is 1.15 bits per heavy atom. The van der Waals surface area contributed by atoms with Gasteiger partial charge in [-0.25, -0.2) is 18.7 Å². The summed E-state index contributed by atoms with van der Waals surface area (Å²) in [6, 6.07) is 8.49. The number of aryl methyl sites for hydroxylation is 2. The standard InChI is InChI=1S/C27H22F2N6O3S/c1-13-24(14(2)38-33-13)15-6-9-20-19(10-15)32-26(35(20)27-31-12-22(39-27)25(30)37)21-4-3-5-23(36)34(21)16-7-8-17(28)18(29)11-16/h6-12,21H,3-5H2,1-2H3,(H2,30,37)/t21-/m0/s1. The SMILES string of the molecule is Cc1noc(C)c1-c1ccc2c(c1)nc([C@@H]1CCCC(=O)N1c1ccc(F)c(F)c1)n2-c1ncc(C(N)=O)s1. The first-order chi connectivity index (χ1) is 18.7. The van der Waals surface area contributed by atoms with Gasteiger partial charge in [0.05, 0.1) is 29.0 Å². The fraction of sp³-hybridized carbons (Fsp3) is 0.222. The maximum Gasteiger partial charge on any atom is 0.260 e. The molecule has 2 N–H and O–H groups in total. The zero-order valence-corrected chi connectivity index (χ0v) is 21.8. The largest absolute Gasteiger partial charge is 0.365 e. The number of primary amides is 1. The Morgan fingerprint density at radius 3 is 2.67 bits per heavy atom. The molecule has 0 saturated carbocycles. The summed E-state index contributed by atoms with van der Waals surface area (Å²) in [6.07, 6.45) is 2.77. The monoisotopic (exact) mass is 548 g/mol. The molecule has 2 amide bonds. The molecule has 4 heterocycles. The molecule has 0 unspecified atom stereocenters. The van der Waals surface area contributed by atoms with Crippen LogP contribution in [0.15, 0.2) is 47.1 Å². The summed E-state index contributed by atoms with van der Waals surface area (Å²) < 4.78 is 35.1. The number of carbonyl (C=O) groups excluding carboxylic acids is 2. The van der Waals surface area contributed by atoms with E-state index in [4.69, 9.17) is 15.2 Å². The van der Waals surface area contributed by atoms with Crippen LogP contribution in [0.3, 0.4) is 0 Å². The summed E-state index contributed by atoms with van der Waals surface area (Å²) in [6.45, 7) is 3.69. The second-order valence-electron chi connectivity index (χ2n) is 9.35. The van der Waals surface area contributed by atoms with E-state index in [0.717, 1.165) is 40.3 Å². The van der Waals surface area contributed by atoms with Crippen molar-refractivity contribution in [2.45, 2.75) is 39.2 Å². The predicted molar refractivity (Wildman–Crippen MR) is 141 cm³/mol. The van der Waals surface area contributed by atoms with Crippen LogP contribution in [0.1, 0.15) is 52.3 Å². The van der Waals surface area contributed by atoms with Gasteiger partial charge in [0.1, 0.15) is 16.5 Å². The van der Waals surface area contributed by atoms with Crippen LogP contribution in [0.25, 0.3) is 27.3 Å². The molecule has 3 aromatic heterocycles. The second-order valence-corrected chi connectivity index (χ2v) is 10.4. The number of thiazole rings is 1. The highest BCUT2D eigenvalue weighted by molar-refractivity contribution is 7.16. The molecule has 9 nitrogen and oxygen atoms in total. The Labute approximate surface area is 224 Å². The van der Waals surface area contributed by atoms with Crippen LogP contribution >= 0.6 is 11.3 Å². The van der Waals surface area contributed by atoms with Gasteiger partial charge in [-0.15, -0.1) is 0 Å². The van der Waals surface area contributed by atoms with Gasteiger partial charge in [0.25, 0.3) is 5.91 Å². The van der Waals surface area contributed by atoms with Crippen molar-refractivity contribution < 1.29 is 22.9 Å². The Balaban J connectivity index is 1.57. The summed E-state index contributed by atoms with van der Waals surface area (Å²) in [5, 5.41) is 4.49. The number of piperidine rings is 1. The Morgan fingerprint density at radius 2 is 1.97 bits per heavy atom. The van der Waals surface area contributed by atoms with Gasteiger partial charge in [-0.3, -0.25) is 14.2 Å². The number of hydrogen-bond donors (Lipinski definition) is 1. The van der Waals surface area contributed by atoms with Gasteiger partial charge in [0.2, 0.25) is 5.91 Å². The molecular formula is C27H22F2N6O3S. The summed E-state index contributed by atoms with van der Waals surface area (Å²) in [4.78, 5) is 36.1. The highest BCUT2D eigenvalue weighted by atomic mass is 32.1. The van der Waals surface area contributed by atoms with Crippen molar-refractivity contribution in [3.8, 4) is 16.3 Å². The molecule has 1 saturated heterocycles. The van der Waals surface area contributed by atoms with Gasteiger partial charge in [0.15, 0.2) is 16.8 Å². The first-order valence-electron chi connectivity index (χ1n) is 12.2. The van der Waals surface area contributed by atoms with E-state index in [1.54, 1.807) is 4.57 Å². The normalized spacial score (nSPS) is 15.8. The lowest BCUT2D eigenvalue weighted by Gasteiger charge is -2.35. The molecule has 0 bridgehead atoms.